The first-order chi connectivity index (χ1) is 19.3. The molecule has 8 aromatic rings. The second kappa shape index (κ2) is 8.79. The number of rotatable bonds is 4. The van der Waals surface area contributed by atoms with Crippen molar-refractivity contribution in [2.45, 2.75) is 0 Å². The molecule has 4 nitrogen and oxygen atoms in total. The highest BCUT2D eigenvalue weighted by atomic mass is 32.1. The van der Waals surface area contributed by atoms with E-state index < -0.39 is 0 Å². The van der Waals surface area contributed by atoms with E-state index in [1.165, 1.54) is 15.5 Å². The minimum atomic E-state index is 0.824. The highest BCUT2D eigenvalue weighted by Gasteiger charge is 2.17. The highest BCUT2D eigenvalue weighted by Crippen LogP contribution is 2.38. The topological polar surface area (TPSA) is 43.9 Å². The maximum Gasteiger partial charge on any atom is 0.133 e. The van der Waals surface area contributed by atoms with E-state index in [0.717, 1.165) is 55.4 Å². The molecular weight excluding hydrogens is 498 g/mol. The molecule has 0 atom stereocenters. The van der Waals surface area contributed by atoms with Gasteiger partial charge in [-0.25, -0.2) is 4.98 Å². The van der Waals surface area contributed by atoms with Gasteiger partial charge in [-0.15, -0.1) is 11.3 Å². The van der Waals surface area contributed by atoms with Crippen LogP contribution in [0.15, 0.2) is 132 Å². The van der Waals surface area contributed by atoms with E-state index in [-0.39, 0.29) is 0 Å². The Morgan fingerprint density at radius 3 is 2.36 bits per heavy atom. The van der Waals surface area contributed by atoms with Crippen LogP contribution in [-0.2, 0) is 0 Å². The lowest BCUT2D eigenvalue weighted by Gasteiger charge is -2.13. The molecule has 0 spiro atoms. The lowest BCUT2D eigenvalue weighted by atomic mass is 10.0. The average molecular weight is 520 g/mol. The molecule has 4 heterocycles. The largest absolute Gasteiger partial charge is 0.464 e. The van der Waals surface area contributed by atoms with E-state index in [9.17, 15) is 0 Å². The van der Waals surface area contributed by atoms with Crippen molar-refractivity contribution in [2.24, 2.45) is 0 Å². The van der Waals surface area contributed by atoms with Crippen molar-refractivity contribution in [2.75, 3.05) is 0 Å². The summed E-state index contributed by atoms with van der Waals surface area (Å²) in [5.74, 6) is 0.824. The highest BCUT2D eigenvalue weighted by molar-refractivity contribution is 7.21. The van der Waals surface area contributed by atoms with Crippen LogP contribution in [0.5, 0.6) is 0 Å². The SMILES string of the molecule is c1ccc(-c2cc(-c3ccco3)cc(-n3c4ccccc4c4ccc(-c5nc6ccccc6s5)cc43)c2)nc1. The third-order valence-corrected chi connectivity index (χ3v) is 8.24. The number of furan rings is 1. The zero-order chi connectivity index (χ0) is 25.8. The lowest BCUT2D eigenvalue weighted by molar-refractivity contribution is 0.582. The van der Waals surface area contributed by atoms with Crippen LogP contribution in [0.1, 0.15) is 0 Å². The number of para-hydroxylation sites is 2. The van der Waals surface area contributed by atoms with Crippen molar-refractivity contribution >= 4 is 43.4 Å². The number of thiazole rings is 1. The molecule has 0 saturated carbocycles. The van der Waals surface area contributed by atoms with Crippen LogP contribution in [0.25, 0.3) is 70.9 Å². The molecule has 4 aromatic heterocycles. The third-order valence-electron chi connectivity index (χ3n) is 7.16. The molecule has 8 rings (SSSR count). The molecule has 0 fully saturated rings. The second-order valence-electron chi connectivity index (χ2n) is 9.53. The minimum Gasteiger partial charge on any atom is -0.464 e. The molecule has 0 amide bonds. The van der Waals surface area contributed by atoms with Crippen molar-refractivity contribution in [3.8, 4) is 38.8 Å². The fraction of sp³-hybridized carbons (Fsp3) is 0. The zero-order valence-corrected chi connectivity index (χ0v) is 21.6. The van der Waals surface area contributed by atoms with Gasteiger partial charge in [0.05, 0.1) is 33.2 Å². The summed E-state index contributed by atoms with van der Waals surface area (Å²) in [5, 5.41) is 3.44. The summed E-state index contributed by atoms with van der Waals surface area (Å²) >= 11 is 1.73. The van der Waals surface area contributed by atoms with E-state index in [1.807, 2.05) is 42.6 Å². The predicted octanol–water partition coefficient (Wildman–Crippen LogP) is 9.38. The minimum absolute atomic E-state index is 0.824. The van der Waals surface area contributed by atoms with Gasteiger partial charge in [-0.3, -0.25) is 4.98 Å². The first kappa shape index (κ1) is 22.0. The standard InChI is InChI=1S/C34H21N3OS/c1-3-11-30-26(8-1)27-15-14-22(34-36-29-10-2-4-13-33(29)39-34)21-31(27)37(30)25-19-23(28-9-5-6-16-35-28)18-24(20-25)32-12-7-17-38-32/h1-21H. The number of hydrogen-bond donors (Lipinski definition) is 0. The number of nitrogens with zero attached hydrogens (tertiary/aromatic N) is 3. The van der Waals surface area contributed by atoms with E-state index in [0.29, 0.717) is 0 Å². The van der Waals surface area contributed by atoms with Gasteiger partial charge in [-0.1, -0.05) is 48.5 Å². The molecule has 39 heavy (non-hydrogen) atoms. The Balaban J connectivity index is 1.41. The first-order valence-corrected chi connectivity index (χ1v) is 13.6. The molecule has 0 aliphatic heterocycles. The predicted molar refractivity (Wildman–Crippen MR) is 160 cm³/mol. The summed E-state index contributed by atoms with van der Waals surface area (Å²) in [6.45, 7) is 0. The van der Waals surface area contributed by atoms with Crippen molar-refractivity contribution in [1.29, 1.82) is 0 Å². The van der Waals surface area contributed by atoms with E-state index in [4.69, 9.17) is 9.40 Å². The zero-order valence-electron chi connectivity index (χ0n) is 20.8. The lowest BCUT2D eigenvalue weighted by Crippen LogP contribution is -1.96. The number of pyridine rings is 1. The van der Waals surface area contributed by atoms with Crippen molar-refractivity contribution < 1.29 is 4.42 Å². The van der Waals surface area contributed by atoms with Gasteiger partial charge in [0, 0.05) is 39.3 Å². The molecule has 0 N–H and O–H groups in total. The molecule has 0 saturated heterocycles. The molecule has 4 aromatic carbocycles. The summed E-state index contributed by atoms with van der Waals surface area (Å²) in [6.07, 6.45) is 3.55. The van der Waals surface area contributed by atoms with E-state index in [2.05, 4.69) is 88.4 Å². The maximum absolute atomic E-state index is 5.83. The molecule has 5 heteroatoms. The van der Waals surface area contributed by atoms with Gasteiger partial charge in [0.15, 0.2) is 0 Å². The van der Waals surface area contributed by atoms with Crippen LogP contribution < -0.4 is 0 Å². The first-order valence-electron chi connectivity index (χ1n) is 12.8. The van der Waals surface area contributed by atoms with E-state index >= 15 is 0 Å². The maximum atomic E-state index is 5.83. The Bertz CT molecular complexity index is 2090. The number of fused-ring (bicyclic) bond motifs is 4. The summed E-state index contributed by atoms with van der Waals surface area (Å²) < 4.78 is 9.37. The Morgan fingerprint density at radius 2 is 1.49 bits per heavy atom. The fourth-order valence-corrected chi connectivity index (χ4v) is 6.35. The van der Waals surface area contributed by atoms with Gasteiger partial charge >= 0.3 is 0 Å². The smallest absolute Gasteiger partial charge is 0.133 e. The number of hydrogen-bond acceptors (Lipinski definition) is 4. The molecule has 0 radical (unpaired) electrons. The van der Waals surface area contributed by atoms with Crippen molar-refractivity contribution in [3.63, 3.8) is 0 Å². The monoisotopic (exact) mass is 519 g/mol. The van der Waals surface area contributed by atoms with E-state index in [1.54, 1.807) is 17.6 Å². The van der Waals surface area contributed by atoms with Gasteiger partial charge < -0.3 is 8.98 Å². The van der Waals surface area contributed by atoms with Gasteiger partial charge in [0.2, 0.25) is 0 Å². The Labute approximate surface area is 228 Å². The third kappa shape index (κ3) is 3.67. The normalized spacial score (nSPS) is 11.6. The molecule has 0 bridgehead atoms. The molecular formula is C34H21N3OS. The van der Waals surface area contributed by atoms with Crippen LogP contribution in [-0.4, -0.2) is 14.5 Å². The molecule has 0 aliphatic rings. The van der Waals surface area contributed by atoms with Gasteiger partial charge in [-0.05, 0) is 66.7 Å². The van der Waals surface area contributed by atoms with Crippen LogP contribution >= 0.6 is 11.3 Å². The Kier molecular flexibility index (Phi) is 4.96. The molecule has 0 aliphatic carbocycles. The van der Waals surface area contributed by atoms with Crippen LogP contribution in [0, 0.1) is 0 Å². The van der Waals surface area contributed by atoms with Crippen molar-refractivity contribution in [3.05, 3.63) is 128 Å². The number of benzene rings is 4. The second-order valence-corrected chi connectivity index (χ2v) is 10.6. The summed E-state index contributed by atoms with van der Waals surface area (Å²) in [7, 11) is 0. The number of aromatic nitrogens is 3. The average Bonchev–Trinajstić information content (AvgIpc) is 3.75. The molecule has 184 valence electrons. The van der Waals surface area contributed by atoms with Gasteiger partial charge in [0.1, 0.15) is 10.8 Å². The van der Waals surface area contributed by atoms with Crippen LogP contribution in [0.4, 0.5) is 0 Å². The summed E-state index contributed by atoms with van der Waals surface area (Å²) in [5.41, 5.74) is 8.44. The summed E-state index contributed by atoms with van der Waals surface area (Å²) in [4.78, 5) is 9.58. The Morgan fingerprint density at radius 1 is 0.641 bits per heavy atom. The Hall–Kier alpha value is -5.00. The van der Waals surface area contributed by atoms with Crippen LogP contribution in [0.2, 0.25) is 0 Å². The van der Waals surface area contributed by atoms with Crippen LogP contribution in [0.3, 0.4) is 0 Å². The summed E-state index contributed by atoms with van der Waals surface area (Å²) in [6, 6.07) is 40.1. The fourth-order valence-electron chi connectivity index (χ4n) is 5.38. The molecule has 0 unspecified atom stereocenters. The van der Waals surface area contributed by atoms with Crippen molar-refractivity contribution in [1.82, 2.24) is 14.5 Å². The van der Waals surface area contributed by atoms with Gasteiger partial charge in [0.25, 0.3) is 0 Å². The van der Waals surface area contributed by atoms with Gasteiger partial charge in [-0.2, -0.15) is 0 Å². The quantitative estimate of drug-likeness (QED) is 0.233.